The second kappa shape index (κ2) is 10.1. The van der Waals surface area contributed by atoms with Gasteiger partial charge in [-0.1, -0.05) is 24.3 Å². The van der Waals surface area contributed by atoms with Crippen molar-refractivity contribution in [3.8, 4) is 16.2 Å². The van der Waals surface area contributed by atoms with Crippen molar-refractivity contribution in [2.24, 2.45) is 0 Å². The van der Waals surface area contributed by atoms with E-state index < -0.39 is 0 Å². The molecule has 1 saturated heterocycles. The van der Waals surface area contributed by atoms with E-state index in [0.717, 1.165) is 37.8 Å². The normalized spacial score (nSPS) is 16.7. The monoisotopic (exact) mass is 505 g/mol. The molecule has 2 atom stereocenters. The number of rotatable bonds is 5. The predicted molar refractivity (Wildman–Crippen MR) is 141 cm³/mol. The Morgan fingerprint density at radius 1 is 1.17 bits per heavy atom. The molecule has 1 aliphatic heterocycles. The molecule has 0 radical (unpaired) electrons. The lowest BCUT2D eigenvalue weighted by molar-refractivity contribution is 0.168. The Hall–Kier alpha value is -3.72. The van der Waals surface area contributed by atoms with E-state index in [-0.39, 0.29) is 23.9 Å². The van der Waals surface area contributed by atoms with E-state index in [2.05, 4.69) is 27.1 Å². The molecule has 0 spiro atoms. The lowest BCUT2D eigenvalue weighted by atomic mass is 10.1. The Kier molecular flexibility index (Phi) is 6.73. The summed E-state index contributed by atoms with van der Waals surface area (Å²) in [5.41, 5.74) is 2.81. The van der Waals surface area contributed by atoms with E-state index in [9.17, 15) is 9.18 Å². The van der Waals surface area contributed by atoms with Gasteiger partial charge in [-0.2, -0.15) is 0 Å². The fourth-order valence-corrected chi connectivity index (χ4v) is 5.67. The van der Waals surface area contributed by atoms with Crippen molar-refractivity contribution < 1.29 is 13.9 Å². The molecular formula is C27H28FN5O2S. The molecule has 4 aromatic rings. The number of nitrogens with one attached hydrogen (secondary N) is 1. The fraction of sp³-hybridized carbons (Fsp3) is 0.296. The van der Waals surface area contributed by atoms with Crippen LogP contribution in [0.3, 0.4) is 0 Å². The van der Waals surface area contributed by atoms with E-state index in [1.165, 1.54) is 12.1 Å². The Morgan fingerprint density at radius 2 is 1.97 bits per heavy atom. The molecule has 36 heavy (non-hydrogen) atoms. The number of halogens is 1. The number of amides is 2. The third kappa shape index (κ3) is 4.83. The molecule has 2 amide bonds. The van der Waals surface area contributed by atoms with E-state index in [4.69, 9.17) is 4.74 Å². The number of fused-ring (bicyclic) bond motifs is 1. The molecule has 186 valence electrons. The maximum atomic E-state index is 13.4. The van der Waals surface area contributed by atoms with Crippen LogP contribution in [0.4, 0.5) is 15.0 Å². The summed E-state index contributed by atoms with van der Waals surface area (Å²) in [6, 6.07) is 16.0. The first-order valence-electron chi connectivity index (χ1n) is 11.9. The number of benzene rings is 2. The molecule has 7 nitrogen and oxygen atoms in total. The van der Waals surface area contributed by atoms with Crippen LogP contribution in [-0.4, -0.2) is 53.7 Å². The molecule has 1 N–H and O–H groups in total. The number of aromatic nitrogens is 2. The number of carbonyl (C=O) groups excluding carboxylic acids is 1. The molecule has 0 saturated carbocycles. The number of hydrogen-bond acceptors (Lipinski definition) is 6. The number of anilines is 1. The molecule has 9 heteroatoms. The molecule has 3 heterocycles. The first kappa shape index (κ1) is 24.0. The minimum atomic E-state index is -0.255. The first-order chi connectivity index (χ1) is 17.4. The lowest BCUT2D eigenvalue weighted by Crippen LogP contribution is -2.57. The molecule has 5 rings (SSSR count). The highest BCUT2D eigenvalue weighted by Crippen LogP contribution is 2.37. The van der Waals surface area contributed by atoms with Crippen molar-refractivity contribution in [1.29, 1.82) is 0 Å². The van der Waals surface area contributed by atoms with Gasteiger partial charge in [0.25, 0.3) is 0 Å². The van der Waals surface area contributed by atoms with Crippen molar-refractivity contribution in [3.05, 3.63) is 72.3 Å². The minimum absolute atomic E-state index is 0.00203. The fourth-order valence-electron chi connectivity index (χ4n) is 4.54. The van der Waals surface area contributed by atoms with Gasteiger partial charge in [0.2, 0.25) is 0 Å². The van der Waals surface area contributed by atoms with E-state index in [0.29, 0.717) is 19.6 Å². The second-order valence-electron chi connectivity index (χ2n) is 8.97. The Morgan fingerprint density at radius 3 is 2.72 bits per heavy atom. The molecule has 1 aliphatic rings. The third-order valence-electron chi connectivity index (χ3n) is 6.54. The minimum Gasteiger partial charge on any atom is -0.497 e. The van der Waals surface area contributed by atoms with Gasteiger partial charge in [-0.15, -0.1) is 11.3 Å². The summed E-state index contributed by atoms with van der Waals surface area (Å²) >= 11 is 1.60. The largest absolute Gasteiger partial charge is 0.497 e. The Balaban J connectivity index is 1.29. The van der Waals surface area contributed by atoms with Gasteiger partial charge in [-0.25, -0.2) is 19.2 Å². The van der Waals surface area contributed by atoms with Crippen LogP contribution in [0.15, 0.2) is 60.9 Å². The van der Waals surface area contributed by atoms with Gasteiger partial charge in [0.15, 0.2) is 0 Å². The van der Waals surface area contributed by atoms with Crippen LogP contribution in [0.2, 0.25) is 0 Å². The van der Waals surface area contributed by atoms with Crippen molar-refractivity contribution in [1.82, 2.24) is 20.2 Å². The summed E-state index contributed by atoms with van der Waals surface area (Å²) in [5, 5.41) is 3.12. The van der Waals surface area contributed by atoms with E-state index in [1.807, 2.05) is 42.2 Å². The number of ether oxygens (including phenoxy) is 1. The Bertz CT molecular complexity index is 1380. The standard InChI is InChI=1S/C27H28FN5O2S/c1-17-15-32(11-12-33(17)27(34)31-18(2)20-5-4-6-22(13-20)35-3)26-25-23(29-16-30-26)14-24(36-25)19-7-9-21(28)10-8-19/h4-10,13-14,16-18H,11-12,15H2,1-3H3,(H,31,34). The number of methoxy groups -OCH3 is 1. The number of thiophene rings is 1. The van der Waals surface area contributed by atoms with E-state index >= 15 is 0 Å². The zero-order valence-electron chi connectivity index (χ0n) is 20.4. The number of nitrogens with zero attached hydrogens (tertiary/aromatic N) is 4. The van der Waals surface area contributed by atoms with Gasteiger partial charge in [-0.05, 0) is 55.3 Å². The maximum absolute atomic E-state index is 13.4. The number of hydrogen-bond donors (Lipinski definition) is 1. The number of urea groups is 1. The molecule has 2 aromatic carbocycles. The topological polar surface area (TPSA) is 70.6 Å². The summed E-state index contributed by atoms with van der Waals surface area (Å²) in [7, 11) is 1.63. The average molecular weight is 506 g/mol. The lowest BCUT2D eigenvalue weighted by Gasteiger charge is -2.40. The molecule has 0 bridgehead atoms. The summed E-state index contributed by atoms with van der Waals surface area (Å²) < 4.78 is 19.7. The molecule has 1 fully saturated rings. The van der Waals surface area contributed by atoms with Gasteiger partial charge < -0.3 is 19.9 Å². The second-order valence-corrected chi connectivity index (χ2v) is 10.0. The zero-order valence-corrected chi connectivity index (χ0v) is 21.3. The third-order valence-corrected chi connectivity index (χ3v) is 7.71. The molecule has 2 aromatic heterocycles. The van der Waals surface area contributed by atoms with Crippen molar-refractivity contribution in [3.63, 3.8) is 0 Å². The average Bonchev–Trinajstić information content (AvgIpc) is 3.33. The van der Waals surface area contributed by atoms with Crippen molar-refractivity contribution >= 4 is 33.4 Å². The van der Waals surface area contributed by atoms with Gasteiger partial charge in [-0.3, -0.25) is 0 Å². The summed E-state index contributed by atoms with van der Waals surface area (Å²) in [4.78, 5) is 27.3. The predicted octanol–water partition coefficient (Wildman–Crippen LogP) is 5.49. The summed E-state index contributed by atoms with van der Waals surface area (Å²) in [5.74, 6) is 1.38. The van der Waals surface area contributed by atoms with Gasteiger partial charge in [0.1, 0.15) is 23.7 Å². The summed E-state index contributed by atoms with van der Waals surface area (Å²) in [6.45, 7) is 5.94. The van der Waals surface area contributed by atoms with Crippen LogP contribution in [0.1, 0.15) is 25.5 Å². The van der Waals surface area contributed by atoms with Gasteiger partial charge in [0.05, 0.1) is 23.4 Å². The molecular weight excluding hydrogens is 477 g/mol. The highest BCUT2D eigenvalue weighted by molar-refractivity contribution is 7.22. The SMILES string of the molecule is COc1cccc(C(C)NC(=O)N2CCN(c3ncnc4cc(-c5ccc(F)cc5)sc34)CC2C)c1. The number of carbonyl (C=O) groups is 1. The van der Waals surface area contributed by atoms with E-state index in [1.54, 1.807) is 36.9 Å². The molecule has 2 unspecified atom stereocenters. The van der Waals surface area contributed by atoms with Crippen LogP contribution >= 0.6 is 11.3 Å². The smallest absolute Gasteiger partial charge is 0.318 e. The maximum Gasteiger partial charge on any atom is 0.318 e. The van der Waals surface area contributed by atoms with Crippen LogP contribution in [0, 0.1) is 5.82 Å². The van der Waals surface area contributed by atoms with Gasteiger partial charge in [0, 0.05) is 30.6 Å². The van der Waals surface area contributed by atoms with Crippen LogP contribution in [0.25, 0.3) is 20.7 Å². The van der Waals surface area contributed by atoms with Crippen molar-refractivity contribution in [2.75, 3.05) is 31.6 Å². The highest BCUT2D eigenvalue weighted by Gasteiger charge is 2.30. The highest BCUT2D eigenvalue weighted by atomic mass is 32.1. The zero-order chi connectivity index (χ0) is 25.2. The van der Waals surface area contributed by atoms with Crippen LogP contribution < -0.4 is 15.0 Å². The van der Waals surface area contributed by atoms with Gasteiger partial charge >= 0.3 is 6.03 Å². The quantitative estimate of drug-likeness (QED) is 0.389. The van der Waals surface area contributed by atoms with Crippen LogP contribution in [-0.2, 0) is 0 Å². The van der Waals surface area contributed by atoms with Crippen LogP contribution in [0.5, 0.6) is 5.75 Å². The number of piperazine rings is 1. The Labute approximate surface area is 213 Å². The first-order valence-corrected chi connectivity index (χ1v) is 12.7. The molecule has 0 aliphatic carbocycles. The van der Waals surface area contributed by atoms with Crippen molar-refractivity contribution in [2.45, 2.75) is 25.9 Å². The summed E-state index contributed by atoms with van der Waals surface area (Å²) in [6.07, 6.45) is 1.58.